The van der Waals surface area contributed by atoms with Crippen LogP contribution >= 0.6 is 23.5 Å². The van der Waals surface area contributed by atoms with E-state index in [0.717, 1.165) is 12.1 Å². The minimum absolute atomic E-state index is 0.189. The molecule has 1 aromatic rings. The third kappa shape index (κ3) is 3.29. The van der Waals surface area contributed by atoms with Crippen molar-refractivity contribution in [3.05, 3.63) is 29.8 Å². The van der Waals surface area contributed by atoms with Gasteiger partial charge in [0.05, 0.1) is 4.58 Å². The molecule has 1 saturated carbocycles. The minimum atomic E-state index is 0.189. The maximum absolute atomic E-state index is 12.0. The number of benzene rings is 1. The largest absolute Gasteiger partial charge is 0.326 e. The van der Waals surface area contributed by atoms with Crippen LogP contribution in [0.15, 0.2) is 24.3 Å². The zero-order valence-electron chi connectivity index (χ0n) is 11.1. The molecule has 0 spiro atoms. The lowest BCUT2D eigenvalue weighted by Gasteiger charge is -2.21. The second kappa shape index (κ2) is 5.80. The number of hydrogen-bond donors (Lipinski definition) is 1. The molecular weight excluding hydrogens is 274 g/mol. The fourth-order valence-corrected chi connectivity index (χ4v) is 5.24. The highest BCUT2D eigenvalue weighted by atomic mass is 32.2. The van der Waals surface area contributed by atoms with Crippen molar-refractivity contribution in [3.63, 3.8) is 0 Å². The molecule has 2 unspecified atom stereocenters. The Hall–Kier alpha value is -0.610. The molecule has 1 aliphatic heterocycles. The average molecular weight is 293 g/mol. The van der Waals surface area contributed by atoms with Crippen LogP contribution in [0.2, 0.25) is 0 Å². The summed E-state index contributed by atoms with van der Waals surface area (Å²) in [6, 6.07) is 8.36. The van der Waals surface area contributed by atoms with Gasteiger partial charge in [0.25, 0.3) is 0 Å². The number of carbonyl (C=O) groups is 1. The van der Waals surface area contributed by atoms with Crippen LogP contribution in [-0.2, 0) is 4.79 Å². The molecule has 2 aliphatic rings. The summed E-state index contributed by atoms with van der Waals surface area (Å²) in [6.07, 6.45) is 2.35. The number of nitrogens with one attached hydrogen (secondary N) is 1. The summed E-state index contributed by atoms with van der Waals surface area (Å²) >= 11 is 4.03. The van der Waals surface area contributed by atoms with E-state index < -0.39 is 0 Å². The van der Waals surface area contributed by atoms with E-state index in [4.69, 9.17) is 0 Å². The summed E-state index contributed by atoms with van der Waals surface area (Å²) in [6.45, 7) is 2.13. The van der Waals surface area contributed by atoms with Gasteiger partial charge in [-0.15, -0.1) is 23.5 Å². The fourth-order valence-electron chi connectivity index (χ4n) is 2.37. The van der Waals surface area contributed by atoms with Crippen LogP contribution in [-0.4, -0.2) is 17.4 Å². The Bertz CT molecular complexity index is 471. The zero-order valence-corrected chi connectivity index (χ0v) is 12.7. The van der Waals surface area contributed by atoms with E-state index in [-0.39, 0.29) is 11.8 Å². The first-order valence-corrected chi connectivity index (χ1v) is 8.98. The lowest BCUT2D eigenvalue weighted by atomic mass is 10.2. The highest BCUT2D eigenvalue weighted by molar-refractivity contribution is 8.16. The number of carbonyl (C=O) groups excluding carboxylic acids is 1. The normalized spacial score (nSPS) is 27.0. The van der Waals surface area contributed by atoms with E-state index in [0.29, 0.717) is 10.5 Å². The van der Waals surface area contributed by atoms with E-state index in [1.165, 1.54) is 23.5 Å². The summed E-state index contributed by atoms with van der Waals surface area (Å²) in [5, 5.41) is 3.06. The Balaban J connectivity index is 1.67. The molecule has 3 rings (SSSR count). The van der Waals surface area contributed by atoms with Crippen LogP contribution in [0, 0.1) is 11.8 Å². The van der Waals surface area contributed by atoms with Crippen LogP contribution < -0.4 is 5.32 Å². The van der Waals surface area contributed by atoms with Crippen LogP contribution in [0.25, 0.3) is 0 Å². The highest BCUT2D eigenvalue weighted by Crippen LogP contribution is 2.44. The lowest BCUT2D eigenvalue weighted by molar-refractivity contribution is -0.117. The summed E-state index contributed by atoms with van der Waals surface area (Å²) in [4.78, 5) is 12.0. The third-order valence-electron chi connectivity index (χ3n) is 3.70. The van der Waals surface area contributed by atoms with Crippen molar-refractivity contribution in [1.29, 1.82) is 0 Å². The molecule has 1 saturated heterocycles. The molecule has 102 valence electrons. The number of thioether (sulfide) groups is 2. The number of amides is 1. The van der Waals surface area contributed by atoms with Crippen LogP contribution in [0.5, 0.6) is 0 Å². The molecule has 2 nitrogen and oxygen atoms in total. The Morgan fingerprint density at radius 1 is 1.32 bits per heavy atom. The van der Waals surface area contributed by atoms with Crippen molar-refractivity contribution in [2.75, 3.05) is 16.8 Å². The first-order valence-electron chi connectivity index (χ1n) is 6.88. The van der Waals surface area contributed by atoms with Gasteiger partial charge in [0, 0.05) is 11.6 Å². The maximum atomic E-state index is 12.0. The second-order valence-corrected chi connectivity index (χ2v) is 8.09. The standard InChI is InChI=1S/C15H19NOS2/c1-10-8-13(10)14(17)16-12-5-2-4-11(9-12)15-18-6-3-7-19-15/h2,4-5,9-10,13,15H,3,6-8H2,1H3,(H,16,17). The summed E-state index contributed by atoms with van der Waals surface area (Å²) in [7, 11) is 0. The van der Waals surface area contributed by atoms with Crippen LogP contribution in [0.4, 0.5) is 5.69 Å². The van der Waals surface area contributed by atoms with Crippen LogP contribution in [0.3, 0.4) is 0 Å². The topological polar surface area (TPSA) is 29.1 Å². The van der Waals surface area contributed by atoms with Gasteiger partial charge < -0.3 is 5.32 Å². The molecule has 0 bridgehead atoms. The van der Waals surface area contributed by atoms with Gasteiger partial charge in [-0.05, 0) is 48.0 Å². The molecule has 1 N–H and O–H groups in total. The van der Waals surface area contributed by atoms with Gasteiger partial charge in [0.15, 0.2) is 0 Å². The van der Waals surface area contributed by atoms with E-state index in [2.05, 4.69) is 30.4 Å². The monoisotopic (exact) mass is 293 g/mol. The van der Waals surface area contributed by atoms with Crippen molar-refractivity contribution in [2.45, 2.75) is 24.3 Å². The van der Waals surface area contributed by atoms with Gasteiger partial charge in [0.2, 0.25) is 5.91 Å². The average Bonchev–Trinajstić information content (AvgIpc) is 3.17. The van der Waals surface area contributed by atoms with E-state index >= 15 is 0 Å². The first kappa shape index (κ1) is 13.4. The Morgan fingerprint density at radius 2 is 2.05 bits per heavy atom. The first-order chi connectivity index (χ1) is 9.24. The molecule has 0 radical (unpaired) electrons. The van der Waals surface area contributed by atoms with E-state index in [9.17, 15) is 4.79 Å². The predicted molar refractivity (Wildman–Crippen MR) is 84.6 cm³/mol. The molecule has 1 aliphatic carbocycles. The van der Waals surface area contributed by atoms with Crippen molar-refractivity contribution < 1.29 is 4.79 Å². The quantitative estimate of drug-likeness (QED) is 0.907. The van der Waals surface area contributed by atoms with Gasteiger partial charge in [0.1, 0.15) is 0 Å². The van der Waals surface area contributed by atoms with Crippen molar-refractivity contribution in [1.82, 2.24) is 0 Å². The number of anilines is 1. The predicted octanol–water partition coefficient (Wildman–Crippen LogP) is 4.15. The van der Waals surface area contributed by atoms with Gasteiger partial charge in [-0.1, -0.05) is 19.1 Å². The van der Waals surface area contributed by atoms with E-state index in [1.807, 2.05) is 29.6 Å². The molecule has 2 fully saturated rings. The Morgan fingerprint density at radius 3 is 2.74 bits per heavy atom. The molecule has 1 heterocycles. The Kier molecular flexibility index (Phi) is 4.08. The Labute approximate surface area is 123 Å². The minimum Gasteiger partial charge on any atom is -0.326 e. The summed E-state index contributed by atoms with van der Waals surface area (Å²) in [5.41, 5.74) is 2.28. The van der Waals surface area contributed by atoms with Gasteiger partial charge in [-0.3, -0.25) is 4.79 Å². The smallest absolute Gasteiger partial charge is 0.227 e. The highest BCUT2D eigenvalue weighted by Gasteiger charge is 2.39. The third-order valence-corrected chi connectivity index (χ3v) is 6.71. The van der Waals surface area contributed by atoms with Gasteiger partial charge in [-0.25, -0.2) is 0 Å². The van der Waals surface area contributed by atoms with Crippen LogP contribution in [0.1, 0.15) is 29.9 Å². The second-order valence-electron chi connectivity index (χ2n) is 5.36. The maximum Gasteiger partial charge on any atom is 0.227 e. The van der Waals surface area contributed by atoms with Gasteiger partial charge in [-0.2, -0.15) is 0 Å². The molecule has 2 atom stereocenters. The summed E-state index contributed by atoms with van der Waals surface area (Å²) < 4.78 is 0.533. The van der Waals surface area contributed by atoms with E-state index in [1.54, 1.807) is 0 Å². The molecule has 1 amide bonds. The zero-order chi connectivity index (χ0) is 13.2. The van der Waals surface area contributed by atoms with Crippen molar-refractivity contribution >= 4 is 35.1 Å². The molecule has 1 aromatic carbocycles. The molecule has 19 heavy (non-hydrogen) atoms. The number of rotatable bonds is 3. The fraction of sp³-hybridized carbons (Fsp3) is 0.533. The molecule has 4 heteroatoms. The lowest BCUT2D eigenvalue weighted by Crippen LogP contribution is -2.14. The van der Waals surface area contributed by atoms with Gasteiger partial charge >= 0.3 is 0 Å². The van der Waals surface area contributed by atoms with Crippen molar-refractivity contribution in [3.8, 4) is 0 Å². The SMILES string of the molecule is CC1CC1C(=O)Nc1cccc(C2SCCCS2)c1. The summed E-state index contributed by atoms with van der Waals surface area (Å²) in [5.74, 6) is 3.48. The molecular formula is C15H19NOS2. The number of hydrogen-bond acceptors (Lipinski definition) is 3. The van der Waals surface area contributed by atoms with Crippen molar-refractivity contribution in [2.24, 2.45) is 11.8 Å². The molecule has 0 aromatic heterocycles.